The third-order valence-electron chi connectivity index (χ3n) is 5.22. The molecule has 28 heavy (non-hydrogen) atoms. The summed E-state index contributed by atoms with van der Waals surface area (Å²) in [4.78, 5) is 13.7. The number of nitrogens with zero attached hydrogens (tertiary/aromatic N) is 3. The molecule has 0 amide bonds. The summed E-state index contributed by atoms with van der Waals surface area (Å²) in [5, 5.41) is 9.02. The highest BCUT2D eigenvalue weighted by Gasteiger charge is 2.48. The van der Waals surface area contributed by atoms with Gasteiger partial charge in [0, 0.05) is 19.0 Å². The van der Waals surface area contributed by atoms with Crippen LogP contribution in [-0.4, -0.2) is 68.3 Å². The topological polar surface area (TPSA) is 90.7 Å². The Kier molecular flexibility index (Phi) is 5.70. The van der Waals surface area contributed by atoms with Crippen molar-refractivity contribution in [1.29, 1.82) is 5.26 Å². The van der Waals surface area contributed by atoms with Crippen molar-refractivity contribution in [3.05, 3.63) is 29.8 Å². The molecular formula is C18H21F2N3O4S. The molecule has 1 aromatic rings. The average molecular weight is 413 g/mol. The number of hydrogen-bond donors (Lipinski definition) is 0. The summed E-state index contributed by atoms with van der Waals surface area (Å²) in [5.41, 5.74) is 0.169. The molecular weight excluding hydrogens is 392 g/mol. The normalized spacial score (nSPS) is 25.9. The first-order chi connectivity index (χ1) is 13.2. The first-order valence-corrected chi connectivity index (χ1v) is 10.3. The van der Waals surface area contributed by atoms with Gasteiger partial charge in [-0.3, -0.25) is 9.69 Å². The summed E-state index contributed by atoms with van der Waals surface area (Å²) in [7, 11) is -2.95. The molecule has 0 spiro atoms. The molecule has 0 bridgehead atoms. The Morgan fingerprint density at radius 1 is 1.39 bits per heavy atom. The van der Waals surface area contributed by atoms with Crippen molar-refractivity contribution in [2.75, 3.05) is 26.7 Å². The lowest BCUT2D eigenvalue weighted by Crippen LogP contribution is -2.48. The van der Waals surface area contributed by atoms with Crippen molar-refractivity contribution in [3.63, 3.8) is 0 Å². The van der Waals surface area contributed by atoms with Gasteiger partial charge in [-0.2, -0.15) is 9.57 Å². The van der Waals surface area contributed by atoms with Crippen LogP contribution in [0.1, 0.15) is 24.8 Å². The van der Waals surface area contributed by atoms with Gasteiger partial charge in [-0.05, 0) is 37.6 Å². The van der Waals surface area contributed by atoms with E-state index in [4.69, 9.17) is 10.00 Å². The molecule has 0 unspecified atom stereocenters. The van der Waals surface area contributed by atoms with Gasteiger partial charge in [-0.15, -0.1) is 0 Å². The number of likely N-dealkylation sites (tertiary alicyclic amines) is 1. The average Bonchev–Trinajstić information content (AvgIpc) is 3.13. The van der Waals surface area contributed by atoms with Crippen molar-refractivity contribution in [2.45, 2.75) is 42.2 Å². The zero-order valence-corrected chi connectivity index (χ0v) is 16.2. The molecule has 0 N–H and O–H groups in total. The van der Waals surface area contributed by atoms with Crippen LogP contribution in [0.25, 0.3) is 0 Å². The molecule has 0 radical (unpaired) electrons. The van der Waals surface area contributed by atoms with Crippen molar-refractivity contribution < 1.29 is 26.7 Å². The number of carbonyl (C=O) groups excluding carboxylic acids is 1. The van der Waals surface area contributed by atoms with E-state index >= 15 is 0 Å². The first-order valence-electron chi connectivity index (χ1n) is 8.90. The van der Waals surface area contributed by atoms with E-state index < -0.39 is 40.5 Å². The zero-order valence-electron chi connectivity index (χ0n) is 15.3. The number of hydrogen-bond acceptors (Lipinski definition) is 6. The maximum Gasteiger partial charge on any atom is 0.324 e. The Bertz CT molecular complexity index is 900. The van der Waals surface area contributed by atoms with Crippen LogP contribution < -0.4 is 0 Å². The second-order valence-electron chi connectivity index (χ2n) is 7.07. The lowest BCUT2D eigenvalue weighted by Gasteiger charge is -2.36. The molecule has 2 heterocycles. The van der Waals surface area contributed by atoms with Crippen LogP contribution in [0.2, 0.25) is 0 Å². The van der Waals surface area contributed by atoms with Crippen LogP contribution in [-0.2, 0) is 19.6 Å². The van der Waals surface area contributed by atoms with E-state index in [1.807, 2.05) is 6.07 Å². The van der Waals surface area contributed by atoms with E-state index in [1.165, 1.54) is 24.3 Å². The number of methoxy groups -OCH3 is 1. The van der Waals surface area contributed by atoms with E-state index in [-0.39, 0.29) is 29.8 Å². The number of halogens is 2. The highest BCUT2D eigenvalue weighted by atomic mass is 32.2. The number of sulfonamides is 1. The zero-order chi connectivity index (χ0) is 20.5. The van der Waals surface area contributed by atoms with Crippen molar-refractivity contribution in [1.82, 2.24) is 9.21 Å². The SMILES string of the molecule is COC(=O)[C@@H]1C[C@@H](N2CCCC(F)(F)C2)CN1S(=O)(=O)c1cccc(C#N)c1. The second kappa shape index (κ2) is 7.73. The van der Waals surface area contributed by atoms with Crippen LogP contribution >= 0.6 is 0 Å². The van der Waals surface area contributed by atoms with Crippen LogP contribution in [0.15, 0.2) is 29.2 Å². The highest BCUT2D eigenvalue weighted by Crippen LogP contribution is 2.34. The number of carbonyl (C=O) groups is 1. The predicted octanol–water partition coefficient (Wildman–Crippen LogP) is 1.59. The third kappa shape index (κ3) is 4.01. The largest absolute Gasteiger partial charge is 0.468 e. The van der Waals surface area contributed by atoms with Gasteiger partial charge in [0.1, 0.15) is 6.04 Å². The molecule has 2 aliphatic rings. The summed E-state index contributed by atoms with van der Waals surface area (Å²) in [6.07, 6.45) is 0.197. The van der Waals surface area contributed by atoms with Crippen LogP contribution in [0.3, 0.4) is 0 Å². The summed E-state index contributed by atoms with van der Waals surface area (Å²) < 4.78 is 59.6. The van der Waals surface area contributed by atoms with Gasteiger partial charge < -0.3 is 4.74 Å². The standard InChI is InChI=1S/C18H21F2N3O4S/c1-27-17(24)16-9-14(22-7-3-6-18(19,20)12-22)11-23(16)28(25,26)15-5-2-4-13(8-15)10-21/h2,4-5,8,14,16H,3,6-7,9,11-12H2,1H3/t14-,16+/m1/s1. The Morgan fingerprint density at radius 3 is 2.79 bits per heavy atom. The van der Waals surface area contributed by atoms with Crippen molar-refractivity contribution in [3.8, 4) is 6.07 Å². The molecule has 7 nitrogen and oxygen atoms in total. The molecule has 2 fully saturated rings. The van der Waals surface area contributed by atoms with E-state index in [9.17, 15) is 22.0 Å². The smallest absolute Gasteiger partial charge is 0.324 e. The van der Waals surface area contributed by atoms with E-state index in [1.54, 1.807) is 4.90 Å². The monoisotopic (exact) mass is 413 g/mol. The number of rotatable bonds is 4. The number of esters is 1. The Balaban J connectivity index is 1.91. The molecule has 1 aromatic carbocycles. The van der Waals surface area contributed by atoms with E-state index in [0.717, 1.165) is 11.4 Å². The summed E-state index contributed by atoms with van der Waals surface area (Å²) in [6.45, 7) is -0.121. The number of piperidine rings is 1. The Labute approximate surface area is 162 Å². The molecule has 10 heteroatoms. The van der Waals surface area contributed by atoms with Crippen molar-refractivity contribution >= 4 is 16.0 Å². The number of alkyl halides is 2. The Hall–Kier alpha value is -2.09. The highest BCUT2D eigenvalue weighted by molar-refractivity contribution is 7.89. The molecule has 0 aliphatic carbocycles. The minimum absolute atomic E-state index is 0.0833. The van der Waals surface area contributed by atoms with Crippen LogP contribution in [0.5, 0.6) is 0 Å². The summed E-state index contributed by atoms with van der Waals surface area (Å²) in [5.74, 6) is -3.56. The van der Waals surface area contributed by atoms with Gasteiger partial charge in [-0.25, -0.2) is 17.2 Å². The predicted molar refractivity (Wildman–Crippen MR) is 95.0 cm³/mol. The van der Waals surface area contributed by atoms with Gasteiger partial charge in [0.05, 0.1) is 30.2 Å². The maximum atomic E-state index is 13.8. The van der Waals surface area contributed by atoms with Crippen molar-refractivity contribution in [2.24, 2.45) is 0 Å². The van der Waals surface area contributed by atoms with E-state index in [0.29, 0.717) is 13.0 Å². The molecule has 152 valence electrons. The van der Waals surface area contributed by atoms with Crippen LogP contribution in [0.4, 0.5) is 8.78 Å². The lowest BCUT2D eigenvalue weighted by atomic mass is 10.0. The van der Waals surface area contributed by atoms with Gasteiger partial charge in [-0.1, -0.05) is 6.07 Å². The minimum Gasteiger partial charge on any atom is -0.468 e. The number of benzene rings is 1. The fourth-order valence-electron chi connectivity index (χ4n) is 3.83. The molecule has 2 atom stereocenters. The van der Waals surface area contributed by atoms with Gasteiger partial charge in [0.25, 0.3) is 5.92 Å². The summed E-state index contributed by atoms with van der Waals surface area (Å²) in [6, 6.07) is 5.75. The molecule has 0 aromatic heterocycles. The minimum atomic E-state index is -4.11. The fourth-order valence-corrected chi connectivity index (χ4v) is 5.51. The van der Waals surface area contributed by atoms with Gasteiger partial charge in [0.2, 0.25) is 10.0 Å². The van der Waals surface area contributed by atoms with Crippen LogP contribution in [0, 0.1) is 11.3 Å². The first kappa shape index (κ1) is 20.6. The number of nitriles is 1. The summed E-state index contributed by atoms with van der Waals surface area (Å²) >= 11 is 0. The molecule has 3 rings (SSSR count). The van der Waals surface area contributed by atoms with Gasteiger partial charge >= 0.3 is 5.97 Å². The quantitative estimate of drug-likeness (QED) is 0.697. The Morgan fingerprint density at radius 2 is 2.14 bits per heavy atom. The molecule has 2 saturated heterocycles. The van der Waals surface area contributed by atoms with E-state index in [2.05, 4.69) is 0 Å². The molecule has 2 aliphatic heterocycles. The second-order valence-corrected chi connectivity index (χ2v) is 8.96. The number of ether oxygens (including phenoxy) is 1. The maximum absolute atomic E-state index is 13.8. The van der Waals surface area contributed by atoms with Gasteiger partial charge in [0.15, 0.2) is 0 Å². The third-order valence-corrected chi connectivity index (χ3v) is 7.09. The lowest BCUT2D eigenvalue weighted by molar-refractivity contribution is -0.144. The molecule has 0 saturated carbocycles. The fraction of sp³-hybridized carbons (Fsp3) is 0.556.